The summed E-state index contributed by atoms with van der Waals surface area (Å²) in [5.74, 6) is 1.76. The van der Waals surface area contributed by atoms with Crippen LogP contribution in [0, 0.1) is 46.3 Å². The minimum absolute atomic E-state index is 0.0193. The maximum absolute atomic E-state index is 13.5. The van der Waals surface area contributed by atoms with E-state index < -0.39 is 46.2 Å². The van der Waals surface area contributed by atoms with E-state index in [0.717, 1.165) is 39.0 Å². The summed E-state index contributed by atoms with van der Waals surface area (Å²) in [5, 5.41) is 25.2. The van der Waals surface area contributed by atoms with Gasteiger partial charge in [0.15, 0.2) is 35.3 Å². The molecule has 2 N–H and O–H groups in total. The van der Waals surface area contributed by atoms with Gasteiger partial charge in [-0.15, -0.1) is 0 Å². The SMILES string of the molecule is O=C(CCCC(=O)OC1=C2O[C@H]3C(=O)CC[C@@]4(O)[C@H]5CC(C=C1)C2[C@@]34CCN5CC1CC1)OC1=C2O[C@H]3C(=O)CC[C@@]4(O)[C@H]5CC(C=C1)C2[C@@]34CCN5CC1CC1. The largest absolute Gasteiger partial charge is 0.482 e. The minimum atomic E-state index is -1.04. The zero-order chi connectivity index (χ0) is 38.6. The monoisotopic (exact) mass is 782 g/mol. The van der Waals surface area contributed by atoms with Crippen molar-refractivity contribution in [2.24, 2.45) is 46.3 Å². The molecule has 304 valence electrons. The van der Waals surface area contributed by atoms with Gasteiger partial charge in [-0.2, -0.15) is 0 Å². The zero-order valence-electron chi connectivity index (χ0n) is 32.6. The molecule has 10 fully saturated rings. The lowest BCUT2D eigenvalue weighted by atomic mass is 9.44. The molecule has 4 heterocycles. The highest BCUT2D eigenvalue weighted by molar-refractivity contribution is 5.88. The third-order valence-corrected chi connectivity index (χ3v) is 17.3. The van der Waals surface area contributed by atoms with Gasteiger partial charge in [0.05, 0.1) is 22.0 Å². The minimum Gasteiger partial charge on any atom is -0.482 e. The Labute approximate surface area is 332 Å². The number of allylic oxidation sites excluding steroid dienone is 6. The van der Waals surface area contributed by atoms with Crippen molar-refractivity contribution in [1.82, 2.24) is 9.80 Å². The Bertz CT molecular complexity index is 1840. The average Bonchev–Trinajstić information content (AvgIpc) is 4.11. The van der Waals surface area contributed by atoms with Gasteiger partial charge in [0.2, 0.25) is 0 Å². The smallest absolute Gasteiger partial charge is 0.311 e. The van der Waals surface area contributed by atoms with E-state index in [9.17, 15) is 29.4 Å². The van der Waals surface area contributed by atoms with Crippen molar-refractivity contribution < 1.29 is 48.3 Å². The van der Waals surface area contributed by atoms with Gasteiger partial charge in [0, 0.05) is 62.7 Å². The first-order valence-corrected chi connectivity index (χ1v) is 22.1. The first-order valence-electron chi connectivity index (χ1n) is 22.1. The van der Waals surface area contributed by atoms with E-state index in [2.05, 4.69) is 22.0 Å². The number of aliphatic hydroxyl groups is 2. The summed E-state index contributed by atoms with van der Waals surface area (Å²) in [7, 11) is 0. The van der Waals surface area contributed by atoms with Crippen LogP contribution in [0.4, 0.5) is 0 Å². The second-order valence-corrected chi connectivity index (χ2v) is 20.0. The first kappa shape index (κ1) is 35.6. The van der Waals surface area contributed by atoms with E-state index >= 15 is 0 Å². The van der Waals surface area contributed by atoms with Gasteiger partial charge < -0.3 is 29.2 Å². The third kappa shape index (κ3) is 4.76. The Kier molecular flexibility index (Phi) is 7.58. The second-order valence-electron chi connectivity index (χ2n) is 20.0. The summed E-state index contributed by atoms with van der Waals surface area (Å²) < 4.78 is 24.9. The molecule has 12 nitrogen and oxygen atoms in total. The van der Waals surface area contributed by atoms with E-state index in [0.29, 0.717) is 60.6 Å². The Hall–Kier alpha value is -3.32. The van der Waals surface area contributed by atoms with Crippen molar-refractivity contribution in [2.45, 2.75) is 132 Å². The molecule has 0 aromatic heterocycles. The highest BCUT2D eigenvalue weighted by atomic mass is 16.6. The molecule has 12 atom stereocenters. The highest BCUT2D eigenvalue weighted by Crippen LogP contribution is 2.71. The van der Waals surface area contributed by atoms with Crippen LogP contribution in [-0.2, 0) is 38.1 Å². The molecular weight excluding hydrogens is 728 g/mol. The number of esters is 2. The summed E-state index contributed by atoms with van der Waals surface area (Å²) in [6, 6.07) is -0.0521. The fourth-order valence-corrected chi connectivity index (χ4v) is 14.6. The molecule has 0 aromatic rings. The van der Waals surface area contributed by atoms with E-state index in [4.69, 9.17) is 18.9 Å². The predicted octanol–water partition coefficient (Wildman–Crippen LogP) is 4.01. The molecule has 4 bridgehead atoms. The zero-order valence-corrected chi connectivity index (χ0v) is 32.6. The number of ether oxygens (including phenoxy) is 4. The van der Waals surface area contributed by atoms with Crippen molar-refractivity contribution in [1.29, 1.82) is 0 Å². The van der Waals surface area contributed by atoms with Gasteiger partial charge in [-0.1, -0.05) is 12.2 Å². The van der Waals surface area contributed by atoms with Crippen LogP contribution >= 0.6 is 0 Å². The normalized spacial score (nSPS) is 46.0. The summed E-state index contributed by atoms with van der Waals surface area (Å²) in [4.78, 5) is 58.6. The van der Waals surface area contributed by atoms with Crippen LogP contribution in [0.1, 0.15) is 96.3 Å². The fourth-order valence-electron chi connectivity index (χ4n) is 14.6. The summed E-state index contributed by atoms with van der Waals surface area (Å²) in [6.07, 6.45) is 15.7. The molecular formula is C45H54N2O10. The number of hydrogen-bond donors (Lipinski definition) is 2. The van der Waals surface area contributed by atoms with Crippen molar-refractivity contribution in [2.75, 3.05) is 26.2 Å². The van der Waals surface area contributed by atoms with Crippen LogP contribution in [0.2, 0.25) is 0 Å². The molecule has 0 amide bonds. The standard InChI is InChI=1S/C45H54N2O10/c48-28-12-14-44(52)32-20-26-8-10-30(38-36(26)42(44,40(28)56-38)16-18-46(32)22-24-4-5-24)54-34(50)2-1-3-35(51)55-31-11-9-27-21-33-45(53)15-13-29(49)41-43(45,37(27)39(31)57-41)17-19-47(33)23-25-6-7-25/h8-11,24-27,32-33,36-37,40-41,52-53H,1-7,12-23H2/t26?,27?,32-,33-,36?,37?,40+,41+,42+,43+,44-,45-/m1/s1. The number of Topliss-reactive ketones (excluding diaryl/α,β-unsaturated/α-hetero) is 2. The Morgan fingerprint density at radius 2 is 1.12 bits per heavy atom. The number of rotatable bonds is 10. The molecule has 0 radical (unpaired) electrons. The van der Waals surface area contributed by atoms with Gasteiger partial charge in [-0.25, -0.2) is 0 Å². The first-order chi connectivity index (χ1) is 27.5. The Balaban J connectivity index is 0.724. The molecule has 6 saturated carbocycles. The molecule has 0 aromatic carbocycles. The molecule has 12 heteroatoms. The summed E-state index contributed by atoms with van der Waals surface area (Å²) >= 11 is 0. The Morgan fingerprint density at radius 3 is 1.54 bits per heavy atom. The molecule has 4 unspecified atom stereocenters. The van der Waals surface area contributed by atoms with Gasteiger partial charge in [0.1, 0.15) is 11.5 Å². The van der Waals surface area contributed by atoms with Crippen LogP contribution in [-0.4, -0.2) is 105 Å². The second kappa shape index (κ2) is 12.1. The van der Waals surface area contributed by atoms with Gasteiger partial charge >= 0.3 is 11.9 Å². The van der Waals surface area contributed by atoms with Crippen LogP contribution < -0.4 is 0 Å². The number of hydrogen-bond acceptors (Lipinski definition) is 12. The van der Waals surface area contributed by atoms with Crippen molar-refractivity contribution >= 4 is 23.5 Å². The quantitative estimate of drug-likeness (QED) is 0.308. The number of nitrogens with zero attached hydrogens (tertiary/aromatic N) is 2. The van der Waals surface area contributed by atoms with E-state index in [1.165, 1.54) is 25.7 Å². The van der Waals surface area contributed by atoms with Crippen LogP contribution in [0.15, 0.2) is 47.3 Å². The Morgan fingerprint density at radius 1 is 0.684 bits per heavy atom. The molecule has 2 spiro atoms. The number of ketones is 2. The maximum atomic E-state index is 13.5. The number of carbonyl (C=O) groups is 4. The summed E-state index contributed by atoms with van der Waals surface area (Å²) in [5.41, 5.74) is -3.56. The van der Waals surface area contributed by atoms with Gasteiger partial charge in [-0.3, -0.25) is 29.0 Å². The lowest BCUT2D eigenvalue weighted by Gasteiger charge is -2.65. The van der Waals surface area contributed by atoms with Crippen LogP contribution in [0.5, 0.6) is 0 Å². The van der Waals surface area contributed by atoms with Crippen molar-refractivity contribution in [3.63, 3.8) is 0 Å². The van der Waals surface area contributed by atoms with Gasteiger partial charge in [-0.05, 0) is 120 Å². The van der Waals surface area contributed by atoms with E-state index in [1.54, 1.807) is 12.2 Å². The van der Waals surface area contributed by atoms with Crippen LogP contribution in [0.3, 0.4) is 0 Å². The fraction of sp³-hybridized carbons (Fsp3) is 0.733. The van der Waals surface area contributed by atoms with Crippen molar-refractivity contribution in [3.8, 4) is 0 Å². The number of carbonyl (C=O) groups excluding carboxylic acids is 4. The molecule has 12 rings (SSSR count). The summed E-state index contributed by atoms with van der Waals surface area (Å²) in [6.45, 7) is 3.65. The molecule has 12 aliphatic rings. The van der Waals surface area contributed by atoms with Gasteiger partial charge in [0.25, 0.3) is 0 Å². The maximum Gasteiger partial charge on any atom is 0.311 e. The molecule has 4 aliphatic heterocycles. The predicted molar refractivity (Wildman–Crippen MR) is 200 cm³/mol. The average molecular weight is 783 g/mol. The molecule has 57 heavy (non-hydrogen) atoms. The van der Waals surface area contributed by atoms with E-state index in [-0.39, 0.29) is 79.4 Å². The number of piperidine rings is 2. The highest BCUT2D eigenvalue weighted by Gasteiger charge is 2.79. The lowest BCUT2D eigenvalue weighted by Crippen LogP contribution is -2.76. The topological polar surface area (TPSA) is 152 Å². The lowest BCUT2D eigenvalue weighted by molar-refractivity contribution is -0.244. The molecule has 8 aliphatic carbocycles. The van der Waals surface area contributed by atoms with Crippen molar-refractivity contribution in [3.05, 3.63) is 47.3 Å². The van der Waals surface area contributed by atoms with Crippen LogP contribution in [0.25, 0.3) is 0 Å². The number of likely N-dealkylation sites (tertiary alicyclic amines) is 2. The molecule has 4 saturated heterocycles. The van der Waals surface area contributed by atoms with E-state index in [1.807, 2.05) is 0 Å². The third-order valence-electron chi connectivity index (χ3n) is 17.3.